The van der Waals surface area contributed by atoms with Crippen molar-refractivity contribution in [2.45, 2.75) is 12.3 Å². The van der Waals surface area contributed by atoms with Gasteiger partial charge in [-0.2, -0.15) is 4.98 Å². The van der Waals surface area contributed by atoms with E-state index in [1.54, 1.807) is 19.3 Å². The molecule has 3 heterocycles. The summed E-state index contributed by atoms with van der Waals surface area (Å²) in [6.45, 7) is 1.37. The van der Waals surface area contributed by atoms with E-state index in [4.69, 9.17) is 9.26 Å². The van der Waals surface area contributed by atoms with Crippen LogP contribution in [0.5, 0.6) is 0 Å². The Labute approximate surface area is 103 Å². The summed E-state index contributed by atoms with van der Waals surface area (Å²) in [6, 6.07) is 3.27. The molecule has 2 aromatic rings. The Kier molecular flexibility index (Phi) is 2.71. The molecule has 1 atom stereocenters. The SMILES string of the molecule is Cn1ccc(-c2nc([C@H]3CCOC3)no2)cc1=O. The van der Waals surface area contributed by atoms with Crippen LogP contribution in [0.2, 0.25) is 0 Å². The van der Waals surface area contributed by atoms with Crippen LogP contribution in [0.3, 0.4) is 0 Å². The van der Waals surface area contributed by atoms with E-state index >= 15 is 0 Å². The number of pyridine rings is 1. The highest BCUT2D eigenvalue weighted by Gasteiger charge is 2.23. The van der Waals surface area contributed by atoms with Crippen molar-refractivity contribution in [3.8, 4) is 11.5 Å². The Morgan fingerprint density at radius 2 is 2.39 bits per heavy atom. The average Bonchev–Trinajstić information content (AvgIpc) is 3.01. The molecular formula is C12H13N3O3. The third kappa shape index (κ3) is 1.95. The first-order valence-corrected chi connectivity index (χ1v) is 5.82. The summed E-state index contributed by atoms with van der Waals surface area (Å²) in [4.78, 5) is 15.9. The Hall–Kier alpha value is -1.95. The quantitative estimate of drug-likeness (QED) is 0.789. The minimum atomic E-state index is -0.101. The number of nitrogens with zero attached hydrogens (tertiary/aromatic N) is 3. The topological polar surface area (TPSA) is 70.2 Å². The fourth-order valence-electron chi connectivity index (χ4n) is 1.94. The third-order valence-corrected chi connectivity index (χ3v) is 3.09. The van der Waals surface area contributed by atoms with Gasteiger partial charge in [-0.3, -0.25) is 4.79 Å². The van der Waals surface area contributed by atoms with Gasteiger partial charge in [-0.05, 0) is 12.5 Å². The van der Waals surface area contributed by atoms with E-state index in [9.17, 15) is 4.79 Å². The maximum absolute atomic E-state index is 11.5. The maximum Gasteiger partial charge on any atom is 0.258 e. The zero-order valence-corrected chi connectivity index (χ0v) is 10.00. The second-order valence-corrected chi connectivity index (χ2v) is 4.38. The summed E-state index contributed by atoms with van der Waals surface area (Å²) >= 11 is 0. The number of aromatic nitrogens is 3. The van der Waals surface area contributed by atoms with Gasteiger partial charge in [-0.15, -0.1) is 0 Å². The van der Waals surface area contributed by atoms with E-state index in [2.05, 4.69) is 10.1 Å². The van der Waals surface area contributed by atoms with Crippen molar-refractivity contribution in [3.63, 3.8) is 0 Å². The lowest BCUT2D eigenvalue weighted by Gasteiger charge is -1.98. The molecule has 6 nitrogen and oxygen atoms in total. The van der Waals surface area contributed by atoms with Crippen LogP contribution in [0.25, 0.3) is 11.5 Å². The van der Waals surface area contributed by atoms with Gasteiger partial charge in [0.05, 0.1) is 6.61 Å². The van der Waals surface area contributed by atoms with Crippen LogP contribution in [-0.4, -0.2) is 27.9 Å². The zero-order chi connectivity index (χ0) is 12.5. The number of hydrogen-bond donors (Lipinski definition) is 0. The number of aryl methyl sites for hydroxylation is 1. The van der Waals surface area contributed by atoms with Gasteiger partial charge in [0, 0.05) is 37.4 Å². The molecule has 0 aromatic carbocycles. The summed E-state index contributed by atoms with van der Waals surface area (Å²) < 4.78 is 12.0. The molecular weight excluding hydrogens is 234 g/mol. The molecule has 2 aromatic heterocycles. The van der Waals surface area contributed by atoms with Crippen molar-refractivity contribution < 1.29 is 9.26 Å². The minimum Gasteiger partial charge on any atom is -0.381 e. The van der Waals surface area contributed by atoms with Gasteiger partial charge in [-0.1, -0.05) is 5.16 Å². The van der Waals surface area contributed by atoms with Crippen LogP contribution >= 0.6 is 0 Å². The van der Waals surface area contributed by atoms with Crippen LogP contribution in [0.1, 0.15) is 18.2 Å². The largest absolute Gasteiger partial charge is 0.381 e. The van der Waals surface area contributed by atoms with Gasteiger partial charge >= 0.3 is 0 Å². The second kappa shape index (κ2) is 4.38. The van der Waals surface area contributed by atoms with E-state index in [-0.39, 0.29) is 11.5 Å². The highest BCUT2D eigenvalue weighted by atomic mass is 16.5. The lowest BCUT2D eigenvalue weighted by Crippen LogP contribution is -2.14. The Balaban J connectivity index is 1.92. The first-order chi connectivity index (χ1) is 8.74. The van der Waals surface area contributed by atoms with Crippen molar-refractivity contribution in [1.82, 2.24) is 14.7 Å². The Bertz CT molecular complexity index is 611. The molecule has 0 bridgehead atoms. The summed E-state index contributed by atoms with van der Waals surface area (Å²) in [5.74, 6) is 1.24. The second-order valence-electron chi connectivity index (χ2n) is 4.38. The van der Waals surface area contributed by atoms with E-state index in [1.807, 2.05) is 0 Å². The fraction of sp³-hybridized carbons (Fsp3) is 0.417. The molecule has 0 N–H and O–H groups in total. The molecule has 6 heteroatoms. The lowest BCUT2D eigenvalue weighted by atomic mass is 10.1. The van der Waals surface area contributed by atoms with Crippen molar-refractivity contribution in [1.29, 1.82) is 0 Å². The molecule has 0 aliphatic carbocycles. The predicted octanol–water partition coefficient (Wildman–Crippen LogP) is 0.939. The van der Waals surface area contributed by atoms with Crippen LogP contribution in [0, 0.1) is 0 Å². The monoisotopic (exact) mass is 247 g/mol. The molecule has 1 aliphatic rings. The molecule has 3 rings (SSSR count). The van der Waals surface area contributed by atoms with E-state index in [0.29, 0.717) is 23.9 Å². The number of ether oxygens (including phenoxy) is 1. The first kappa shape index (κ1) is 11.2. The molecule has 1 fully saturated rings. The molecule has 0 amide bonds. The smallest absolute Gasteiger partial charge is 0.258 e. The molecule has 0 saturated carbocycles. The molecule has 1 aliphatic heterocycles. The van der Waals surface area contributed by atoms with Crippen LogP contribution in [0.15, 0.2) is 27.6 Å². The summed E-state index contributed by atoms with van der Waals surface area (Å²) in [7, 11) is 1.70. The van der Waals surface area contributed by atoms with Crippen molar-refractivity contribution in [3.05, 3.63) is 34.5 Å². The van der Waals surface area contributed by atoms with Gasteiger partial charge in [-0.25, -0.2) is 0 Å². The van der Waals surface area contributed by atoms with Gasteiger partial charge in [0.25, 0.3) is 11.4 Å². The Morgan fingerprint density at radius 1 is 1.50 bits per heavy atom. The first-order valence-electron chi connectivity index (χ1n) is 5.82. The number of hydrogen-bond acceptors (Lipinski definition) is 5. The molecule has 0 radical (unpaired) electrons. The highest BCUT2D eigenvalue weighted by molar-refractivity contribution is 5.51. The Morgan fingerprint density at radius 3 is 3.11 bits per heavy atom. The third-order valence-electron chi connectivity index (χ3n) is 3.09. The van der Waals surface area contributed by atoms with E-state index < -0.39 is 0 Å². The van der Waals surface area contributed by atoms with Crippen LogP contribution in [-0.2, 0) is 11.8 Å². The summed E-state index contributed by atoms with van der Waals surface area (Å²) in [6.07, 6.45) is 2.59. The van der Waals surface area contributed by atoms with Gasteiger partial charge < -0.3 is 13.8 Å². The molecule has 18 heavy (non-hydrogen) atoms. The van der Waals surface area contributed by atoms with Crippen molar-refractivity contribution >= 4 is 0 Å². The van der Waals surface area contributed by atoms with Crippen LogP contribution in [0.4, 0.5) is 0 Å². The highest BCUT2D eigenvalue weighted by Crippen LogP contribution is 2.24. The van der Waals surface area contributed by atoms with Crippen LogP contribution < -0.4 is 5.56 Å². The van der Waals surface area contributed by atoms with Crippen molar-refractivity contribution in [2.24, 2.45) is 7.05 Å². The summed E-state index contributed by atoms with van der Waals surface area (Å²) in [5, 5.41) is 3.95. The molecule has 1 saturated heterocycles. The maximum atomic E-state index is 11.5. The predicted molar refractivity (Wildman–Crippen MR) is 63.2 cm³/mol. The van der Waals surface area contributed by atoms with Gasteiger partial charge in [0.1, 0.15) is 0 Å². The molecule has 0 spiro atoms. The lowest BCUT2D eigenvalue weighted by molar-refractivity contribution is 0.192. The normalized spacial score (nSPS) is 19.3. The fourth-order valence-corrected chi connectivity index (χ4v) is 1.94. The standard InChI is InChI=1S/C12H13N3O3/c1-15-4-2-8(6-10(15)16)12-13-11(14-18-12)9-3-5-17-7-9/h2,4,6,9H,3,5,7H2,1H3/t9-/m0/s1. The molecule has 0 unspecified atom stereocenters. The summed E-state index contributed by atoms with van der Waals surface area (Å²) in [5.41, 5.74) is 0.548. The minimum absolute atomic E-state index is 0.101. The number of rotatable bonds is 2. The van der Waals surface area contributed by atoms with E-state index in [0.717, 1.165) is 13.0 Å². The van der Waals surface area contributed by atoms with Crippen molar-refractivity contribution in [2.75, 3.05) is 13.2 Å². The zero-order valence-electron chi connectivity index (χ0n) is 10.00. The van der Waals surface area contributed by atoms with E-state index in [1.165, 1.54) is 10.6 Å². The van der Waals surface area contributed by atoms with Gasteiger partial charge in [0.2, 0.25) is 0 Å². The average molecular weight is 247 g/mol. The molecule has 94 valence electrons. The van der Waals surface area contributed by atoms with Gasteiger partial charge in [0.15, 0.2) is 5.82 Å².